The molecule has 1 atom stereocenters. The molecule has 90 valence electrons. The molecule has 1 unspecified atom stereocenters. The van der Waals surface area contributed by atoms with Crippen molar-refractivity contribution in [3.05, 3.63) is 28.8 Å². The lowest BCUT2D eigenvalue weighted by Gasteiger charge is -2.18. The number of hydrogen-bond acceptors (Lipinski definition) is 2. The Hall–Kier alpha value is -1.02. The van der Waals surface area contributed by atoms with Gasteiger partial charge in [0.05, 0.1) is 7.11 Å². The Bertz CT molecular complexity index is 320. The van der Waals surface area contributed by atoms with E-state index in [0.717, 1.165) is 18.6 Å². The molecule has 1 rings (SSSR count). The van der Waals surface area contributed by atoms with Gasteiger partial charge in [0.25, 0.3) is 0 Å². The van der Waals surface area contributed by atoms with Crippen molar-refractivity contribution in [1.82, 2.24) is 5.32 Å². The average molecular weight is 221 g/mol. The molecule has 1 aromatic carbocycles. The number of ether oxygens (including phenoxy) is 1. The minimum absolute atomic E-state index is 0.561. The first-order valence-electron chi connectivity index (χ1n) is 5.93. The lowest BCUT2D eigenvalue weighted by molar-refractivity contribution is 0.413. The van der Waals surface area contributed by atoms with Crippen LogP contribution in [0.2, 0.25) is 0 Å². The van der Waals surface area contributed by atoms with E-state index < -0.39 is 0 Å². The van der Waals surface area contributed by atoms with Crippen LogP contribution in [-0.2, 0) is 6.42 Å². The van der Waals surface area contributed by atoms with Crippen LogP contribution >= 0.6 is 0 Å². The maximum Gasteiger partial charge on any atom is 0.119 e. The summed E-state index contributed by atoms with van der Waals surface area (Å²) in [5, 5.41) is 3.35. The van der Waals surface area contributed by atoms with Crippen LogP contribution in [0.3, 0.4) is 0 Å². The van der Waals surface area contributed by atoms with Crippen molar-refractivity contribution >= 4 is 0 Å². The zero-order valence-corrected chi connectivity index (χ0v) is 11.1. The van der Waals surface area contributed by atoms with Crippen molar-refractivity contribution < 1.29 is 4.74 Å². The van der Waals surface area contributed by atoms with Gasteiger partial charge in [0.2, 0.25) is 0 Å². The molecule has 1 N–H and O–H groups in total. The van der Waals surface area contributed by atoms with Gasteiger partial charge in [0.1, 0.15) is 5.75 Å². The Kier molecular flexibility index (Phi) is 4.81. The van der Waals surface area contributed by atoms with Crippen molar-refractivity contribution in [2.45, 2.75) is 39.7 Å². The normalized spacial score (nSPS) is 12.6. The molecule has 1 aromatic rings. The lowest BCUT2D eigenvalue weighted by Crippen LogP contribution is -2.27. The molecule has 0 aliphatic heterocycles. The number of rotatable bonds is 5. The van der Waals surface area contributed by atoms with Crippen LogP contribution in [0, 0.1) is 13.8 Å². The molecular formula is C14H23NO. The molecule has 2 heteroatoms. The number of aryl methyl sites for hydroxylation is 2. The average Bonchev–Trinajstić information content (AvgIpc) is 2.28. The van der Waals surface area contributed by atoms with Crippen molar-refractivity contribution in [2.24, 2.45) is 0 Å². The third-order valence-corrected chi connectivity index (χ3v) is 3.26. The maximum absolute atomic E-state index is 5.27. The van der Waals surface area contributed by atoms with E-state index >= 15 is 0 Å². The molecule has 0 spiro atoms. The van der Waals surface area contributed by atoms with Gasteiger partial charge in [-0.3, -0.25) is 0 Å². The number of nitrogens with one attached hydrogen (secondary N) is 1. The fourth-order valence-corrected chi connectivity index (χ4v) is 2.09. The first-order chi connectivity index (χ1) is 7.62. The van der Waals surface area contributed by atoms with Crippen LogP contribution in [0.15, 0.2) is 12.1 Å². The second kappa shape index (κ2) is 5.90. The van der Waals surface area contributed by atoms with Crippen LogP contribution in [0.4, 0.5) is 0 Å². The van der Waals surface area contributed by atoms with E-state index in [9.17, 15) is 0 Å². The number of hydrogen-bond donors (Lipinski definition) is 1. The number of methoxy groups -OCH3 is 1. The second-order valence-corrected chi connectivity index (χ2v) is 4.34. The molecule has 0 fully saturated rings. The topological polar surface area (TPSA) is 21.3 Å². The third-order valence-electron chi connectivity index (χ3n) is 3.26. The van der Waals surface area contributed by atoms with E-state index in [2.05, 4.69) is 38.2 Å². The highest BCUT2D eigenvalue weighted by Gasteiger charge is 2.10. The third kappa shape index (κ3) is 2.99. The van der Waals surface area contributed by atoms with Gasteiger partial charge in [-0.05, 0) is 62.6 Å². The van der Waals surface area contributed by atoms with Gasteiger partial charge in [0.15, 0.2) is 0 Å². The predicted molar refractivity (Wildman–Crippen MR) is 69.3 cm³/mol. The van der Waals surface area contributed by atoms with Crippen molar-refractivity contribution in [3.63, 3.8) is 0 Å². The summed E-state index contributed by atoms with van der Waals surface area (Å²) in [7, 11) is 3.75. The lowest BCUT2D eigenvalue weighted by atomic mass is 9.95. The molecule has 0 bridgehead atoms. The summed E-state index contributed by atoms with van der Waals surface area (Å²) >= 11 is 0. The molecule has 0 saturated carbocycles. The molecule has 0 radical (unpaired) electrons. The molecular weight excluding hydrogens is 198 g/mol. The Labute approximate surface area is 99.0 Å². The Morgan fingerprint density at radius 2 is 1.81 bits per heavy atom. The summed E-state index contributed by atoms with van der Waals surface area (Å²) in [5.74, 6) is 0.955. The monoisotopic (exact) mass is 221 g/mol. The molecule has 0 aliphatic carbocycles. The minimum atomic E-state index is 0.561. The fourth-order valence-electron chi connectivity index (χ4n) is 2.09. The maximum atomic E-state index is 5.27. The fraction of sp³-hybridized carbons (Fsp3) is 0.571. The predicted octanol–water partition coefficient (Wildman–Crippen LogP) is 2.85. The second-order valence-electron chi connectivity index (χ2n) is 4.34. The number of likely N-dealkylation sites (N-methyl/N-ethyl adjacent to an activating group) is 1. The SMILES string of the molecule is CCC(Cc1c(C)cc(OC)cc1C)NC. The summed E-state index contributed by atoms with van der Waals surface area (Å²) in [4.78, 5) is 0. The molecule has 0 aliphatic rings. The molecule has 0 aromatic heterocycles. The van der Waals surface area contributed by atoms with Crippen LogP contribution in [0.5, 0.6) is 5.75 Å². The van der Waals surface area contributed by atoms with Crippen molar-refractivity contribution in [3.8, 4) is 5.75 Å². The molecule has 0 amide bonds. The minimum Gasteiger partial charge on any atom is -0.497 e. The van der Waals surface area contributed by atoms with Gasteiger partial charge in [-0.25, -0.2) is 0 Å². The Morgan fingerprint density at radius 3 is 2.19 bits per heavy atom. The molecule has 16 heavy (non-hydrogen) atoms. The van der Waals surface area contributed by atoms with E-state index in [-0.39, 0.29) is 0 Å². The largest absolute Gasteiger partial charge is 0.497 e. The van der Waals surface area contributed by atoms with Crippen molar-refractivity contribution in [1.29, 1.82) is 0 Å². The Morgan fingerprint density at radius 1 is 1.25 bits per heavy atom. The van der Waals surface area contributed by atoms with E-state index in [0.29, 0.717) is 6.04 Å². The summed E-state index contributed by atoms with van der Waals surface area (Å²) in [6.07, 6.45) is 2.25. The van der Waals surface area contributed by atoms with Gasteiger partial charge in [-0.15, -0.1) is 0 Å². The van der Waals surface area contributed by atoms with E-state index in [1.807, 2.05) is 7.05 Å². The van der Waals surface area contributed by atoms with E-state index in [4.69, 9.17) is 4.74 Å². The quantitative estimate of drug-likeness (QED) is 0.825. The molecule has 2 nitrogen and oxygen atoms in total. The smallest absolute Gasteiger partial charge is 0.119 e. The first kappa shape index (κ1) is 13.0. The van der Waals surface area contributed by atoms with Gasteiger partial charge in [0, 0.05) is 6.04 Å². The summed E-state index contributed by atoms with van der Waals surface area (Å²) in [6.45, 7) is 6.54. The van der Waals surface area contributed by atoms with Crippen LogP contribution in [0.25, 0.3) is 0 Å². The van der Waals surface area contributed by atoms with Crippen LogP contribution in [0.1, 0.15) is 30.0 Å². The highest BCUT2D eigenvalue weighted by molar-refractivity contribution is 5.41. The summed E-state index contributed by atoms with van der Waals surface area (Å²) < 4.78 is 5.27. The summed E-state index contributed by atoms with van der Waals surface area (Å²) in [6, 6.07) is 4.79. The van der Waals surface area contributed by atoms with Gasteiger partial charge in [-0.2, -0.15) is 0 Å². The highest BCUT2D eigenvalue weighted by Crippen LogP contribution is 2.23. The van der Waals surface area contributed by atoms with Crippen LogP contribution in [-0.4, -0.2) is 20.2 Å². The first-order valence-corrected chi connectivity index (χ1v) is 5.93. The van der Waals surface area contributed by atoms with E-state index in [1.54, 1.807) is 7.11 Å². The van der Waals surface area contributed by atoms with Crippen molar-refractivity contribution in [2.75, 3.05) is 14.2 Å². The van der Waals surface area contributed by atoms with Gasteiger partial charge in [-0.1, -0.05) is 6.92 Å². The van der Waals surface area contributed by atoms with E-state index in [1.165, 1.54) is 16.7 Å². The standard InChI is InChI=1S/C14H23NO/c1-6-12(15-4)9-14-10(2)7-13(16-5)8-11(14)3/h7-8,12,15H,6,9H2,1-5H3. The zero-order valence-electron chi connectivity index (χ0n) is 11.1. The van der Waals surface area contributed by atoms with Crippen LogP contribution < -0.4 is 10.1 Å². The van der Waals surface area contributed by atoms with Gasteiger partial charge >= 0.3 is 0 Å². The molecule has 0 heterocycles. The Balaban J connectivity index is 2.95. The highest BCUT2D eigenvalue weighted by atomic mass is 16.5. The molecule has 0 saturated heterocycles. The van der Waals surface area contributed by atoms with Gasteiger partial charge < -0.3 is 10.1 Å². The zero-order chi connectivity index (χ0) is 12.1. The summed E-state index contributed by atoms with van der Waals surface area (Å²) in [5.41, 5.74) is 4.10. The number of benzene rings is 1.